The maximum absolute atomic E-state index is 13.5. The third-order valence-electron chi connectivity index (χ3n) is 6.22. The molecule has 7 heteroatoms. The highest BCUT2D eigenvalue weighted by Gasteiger charge is 2.37. The first-order valence-electron chi connectivity index (χ1n) is 11.3. The van der Waals surface area contributed by atoms with Gasteiger partial charge in [0.15, 0.2) is 5.76 Å². The Morgan fingerprint density at radius 1 is 1.03 bits per heavy atom. The SMILES string of the molecule is Cc1cc(C)c(NC(=O)CN(C)C(=O)C2Cc3ccccc3CN2C(=O)c2ccco2)c(C)c1. The van der Waals surface area contributed by atoms with Gasteiger partial charge in [0.2, 0.25) is 11.8 Å². The number of aryl methyl sites for hydroxylation is 3. The molecule has 0 aliphatic carbocycles. The molecule has 0 saturated carbocycles. The van der Waals surface area contributed by atoms with Gasteiger partial charge in [0.05, 0.1) is 12.8 Å². The number of carbonyl (C=O) groups is 3. The van der Waals surface area contributed by atoms with Crippen LogP contribution in [0, 0.1) is 20.8 Å². The molecule has 0 bridgehead atoms. The summed E-state index contributed by atoms with van der Waals surface area (Å²) in [5.74, 6) is -0.738. The zero-order valence-corrected chi connectivity index (χ0v) is 19.9. The van der Waals surface area contributed by atoms with Crippen molar-refractivity contribution in [3.8, 4) is 0 Å². The summed E-state index contributed by atoms with van der Waals surface area (Å²) in [5, 5.41) is 2.94. The molecule has 7 nitrogen and oxygen atoms in total. The van der Waals surface area contributed by atoms with Crippen molar-refractivity contribution in [2.75, 3.05) is 18.9 Å². The van der Waals surface area contributed by atoms with E-state index in [1.807, 2.05) is 57.2 Å². The molecule has 4 rings (SSSR count). The summed E-state index contributed by atoms with van der Waals surface area (Å²) in [6.45, 7) is 6.08. The predicted octanol–water partition coefficient (Wildman–Crippen LogP) is 3.87. The van der Waals surface area contributed by atoms with Crippen LogP contribution in [0.3, 0.4) is 0 Å². The van der Waals surface area contributed by atoms with E-state index >= 15 is 0 Å². The molecule has 1 aliphatic heterocycles. The van der Waals surface area contributed by atoms with E-state index in [1.165, 1.54) is 16.1 Å². The average molecular weight is 460 g/mol. The molecule has 1 aromatic heterocycles. The Morgan fingerprint density at radius 2 is 1.71 bits per heavy atom. The smallest absolute Gasteiger partial charge is 0.290 e. The zero-order chi connectivity index (χ0) is 24.4. The Balaban J connectivity index is 1.52. The van der Waals surface area contributed by atoms with E-state index < -0.39 is 6.04 Å². The molecule has 0 radical (unpaired) electrons. The summed E-state index contributed by atoms with van der Waals surface area (Å²) < 4.78 is 5.31. The van der Waals surface area contributed by atoms with E-state index in [2.05, 4.69) is 5.32 Å². The summed E-state index contributed by atoms with van der Waals surface area (Å²) in [6, 6.07) is 14.3. The quantitative estimate of drug-likeness (QED) is 0.628. The van der Waals surface area contributed by atoms with Crippen molar-refractivity contribution in [3.63, 3.8) is 0 Å². The second kappa shape index (κ2) is 9.55. The molecule has 2 heterocycles. The number of carbonyl (C=O) groups excluding carboxylic acids is 3. The van der Waals surface area contributed by atoms with Crippen LogP contribution in [0.15, 0.2) is 59.2 Å². The summed E-state index contributed by atoms with van der Waals surface area (Å²) >= 11 is 0. The molecule has 0 saturated heterocycles. The van der Waals surface area contributed by atoms with Gasteiger partial charge in [-0.05, 0) is 55.2 Å². The van der Waals surface area contributed by atoms with E-state index in [-0.39, 0.29) is 30.0 Å². The number of anilines is 1. The van der Waals surface area contributed by atoms with Crippen LogP contribution in [-0.2, 0) is 22.6 Å². The molecule has 1 N–H and O–H groups in total. The van der Waals surface area contributed by atoms with Crippen molar-refractivity contribution in [1.29, 1.82) is 0 Å². The molecular weight excluding hydrogens is 430 g/mol. The number of fused-ring (bicyclic) bond motifs is 1. The van der Waals surface area contributed by atoms with Crippen LogP contribution in [-0.4, -0.2) is 47.2 Å². The van der Waals surface area contributed by atoms with Gasteiger partial charge < -0.3 is 19.5 Å². The Kier molecular flexibility index (Phi) is 6.54. The van der Waals surface area contributed by atoms with Gasteiger partial charge >= 0.3 is 0 Å². The molecule has 34 heavy (non-hydrogen) atoms. The average Bonchev–Trinajstić information content (AvgIpc) is 3.34. The van der Waals surface area contributed by atoms with Crippen LogP contribution in [0.4, 0.5) is 5.69 Å². The number of likely N-dealkylation sites (N-methyl/N-ethyl adjacent to an activating group) is 1. The number of nitrogens with zero attached hydrogens (tertiary/aromatic N) is 2. The van der Waals surface area contributed by atoms with Gasteiger partial charge in [-0.15, -0.1) is 0 Å². The normalized spacial score (nSPS) is 14.9. The predicted molar refractivity (Wildman–Crippen MR) is 129 cm³/mol. The standard InChI is InChI=1S/C27H29N3O4/c1-17-12-18(2)25(19(3)13-17)28-24(31)16-29(4)26(32)22-14-20-8-5-6-9-21(20)15-30(22)27(33)23-10-7-11-34-23/h5-13,22H,14-16H2,1-4H3,(H,28,31). The minimum atomic E-state index is -0.729. The lowest BCUT2D eigenvalue weighted by Gasteiger charge is -2.37. The maximum Gasteiger partial charge on any atom is 0.290 e. The number of benzene rings is 2. The molecular formula is C27H29N3O4. The lowest BCUT2D eigenvalue weighted by atomic mass is 9.93. The van der Waals surface area contributed by atoms with Crippen molar-refractivity contribution in [1.82, 2.24) is 9.80 Å². The second-order valence-electron chi connectivity index (χ2n) is 8.92. The van der Waals surface area contributed by atoms with Gasteiger partial charge in [0, 0.05) is 25.7 Å². The summed E-state index contributed by atoms with van der Waals surface area (Å²) in [6.07, 6.45) is 1.82. The Hall–Kier alpha value is -3.87. The first kappa shape index (κ1) is 23.3. The maximum atomic E-state index is 13.5. The molecule has 0 spiro atoms. The van der Waals surface area contributed by atoms with Gasteiger partial charge in [-0.25, -0.2) is 0 Å². The molecule has 176 valence electrons. The van der Waals surface area contributed by atoms with Crippen molar-refractivity contribution >= 4 is 23.4 Å². The first-order chi connectivity index (χ1) is 16.2. The van der Waals surface area contributed by atoms with Crippen LogP contribution in [0.25, 0.3) is 0 Å². The van der Waals surface area contributed by atoms with Crippen LogP contribution in [0.2, 0.25) is 0 Å². The van der Waals surface area contributed by atoms with Crippen molar-refractivity contribution < 1.29 is 18.8 Å². The summed E-state index contributed by atoms with van der Waals surface area (Å²) in [7, 11) is 1.59. The first-order valence-corrected chi connectivity index (χ1v) is 11.3. The van der Waals surface area contributed by atoms with E-state index in [4.69, 9.17) is 4.42 Å². The molecule has 1 aliphatic rings. The highest BCUT2D eigenvalue weighted by atomic mass is 16.3. The van der Waals surface area contributed by atoms with Crippen molar-refractivity contribution in [2.24, 2.45) is 0 Å². The molecule has 3 aromatic rings. The monoisotopic (exact) mass is 459 g/mol. The Labute approximate surface area is 199 Å². The molecule has 1 unspecified atom stereocenters. The number of amides is 3. The fourth-order valence-corrected chi connectivity index (χ4v) is 4.60. The van der Waals surface area contributed by atoms with Gasteiger partial charge in [-0.1, -0.05) is 42.0 Å². The van der Waals surface area contributed by atoms with Crippen molar-refractivity contribution in [3.05, 3.63) is 88.4 Å². The molecule has 1 atom stereocenters. The number of rotatable bonds is 5. The van der Waals surface area contributed by atoms with Crippen LogP contribution >= 0.6 is 0 Å². The summed E-state index contributed by atoms with van der Waals surface area (Å²) in [4.78, 5) is 42.4. The van der Waals surface area contributed by atoms with Crippen LogP contribution < -0.4 is 5.32 Å². The number of nitrogens with one attached hydrogen (secondary N) is 1. The number of hydrogen-bond donors (Lipinski definition) is 1. The van der Waals surface area contributed by atoms with Crippen LogP contribution in [0.1, 0.15) is 38.4 Å². The third-order valence-corrected chi connectivity index (χ3v) is 6.22. The number of furan rings is 1. The fraction of sp³-hybridized carbons (Fsp3) is 0.296. The van der Waals surface area contributed by atoms with Gasteiger partial charge in [-0.3, -0.25) is 14.4 Å². The van der Waals surface area contributed by atoms with Crippen molar-refractivity contribution in [2.45, 2.75) is 39.8 Å². The van der Waals surface area contributed by atoms with Gasteiger partial charge in [0.25, 0.3) is 5.91 Å². The largest absolute Gasteiger partial charge is 0.459 e. The Morgan fingerprint density at radius 3 is 2.35 bits per heavy atom. The molecule has 2 aromatic carbocycles. The highest BCUT2D eigenvalue weighted by Crippen LogP contribution is 2.26. The van der Waals surface area contributed by atoms with Gasteiger partial charge in [0.1, 0.15) is 6.04 Å². The molecule has 0 fully saturated rings. The minimum Gasteiger partial charge on any atom is -0.459 e. The zero-order valence-electron chi connectivity index (χ0n) is 19.9. The highest BCUT2D eigenvalue weighted by molar-refractivity contribution is 5.99. The number of hydrogen-bond acceptors (Lipinski definition) is 4. The fourth-order valence-electron chi connectivity index (χ4n) is 4.60. The van der Waals surface area contributed by atoms with E-state index in [1.54, 1.807) is 19.2 Å². The Bertz CT molecular complexity index is 1210. The lowest BCUT2D eigenvalue weighted by molar-refractivity contribution is -0.137. The van der Waals surface area contributed by atoms with E-state index in [9.17, 15) is 14.4 Å². The van der Waals surface area contributed by atoms with E-state index in [0.717, 1.165) is 33.5 Å². The molecule has 3 amide bonds. The topological polar surface area (TPSA) is 82.9 Å². The third kappa shape index (κ3) is 4.73. The summed E-state index contributed by atoms with van der Waals surface area (Å²) in [5.41, 5.74) is 5.85. The van der Waals surface area contributed by atoms with E-state index in [0.29, 0.717) is 13.0 Å². The van der Waals surface area contributed by atoms with Crippen LogP contribution in [0.5, 0.6) is 0 Å². The minimum absolute atomic E-state index is 0.119. The second-order valence-corrected chi connectivity index (χ2v) is 8.92. The lowest BCUT2D eigenvalue weighted by Crippen LogP contribution is -2.53. The van der Waals surface area contributed by atoms with Gasteiger partial charge in [-0.2, -0.15) is 0 Å².